The lowest BCUT2D eigenvalue weighted by Crippen LogP contribution is -1.97. The van der Waals surface area contributed by atoms with Gasteiger partial charge in [-0.05, 0) is 32.0 Å². The second-order valence-corrected chi connectivity index (χ2v) is 4.11. The number of fused-ring (bicyclic) bond motifs is 1. The molecule has 1 aromatic heterocycles. The van der Waals surface area contributed by atoms with Crippen molar-refractivity contribution in [1.29, 1.82) is 0 Å². The topological polar surface area (TPSA) is 68.9 Å². The largest absolute Gasteiger partial charge is 0.410 e. The van der Waals surface area contributed by atoms with E-state index >= 15 is 0 Å². The first-order valence-corrected chi connectivity index (χ1v) is 5.13. The minimum atomic E-state index is -0.744. The van der Waals surface area contributed by atoms with E-state index in [0.717, 1.165) is 6.07 Å². The SMILES string of the molecule is O=[N+]([O-])c1nnc2cc(F)c(Br)cc2c1Cl. The monoisotopic (exact) mass is 305 g/mol. The van der Waals surface area contributed by atoms with Gasteiger partial charge in [0.25, 0.3) is 0 Å². The zero-order chi connectivity index (χ0) is 11.9. The maximum Gasteiger partial charge on any atom is 0.410 e. The van der Waals surface area contributed by atoms with E-state index in [1.807, 2.05) is 0 Å². The molecule has 16 heavy (non-hydrogen) atoms. The Hall–Kier alpha value is -1.34. The van der Waals surface area contributed by atoms with Crippen molar-refractivity contribution in [2.75, 3.05) is 0 Å². The molecule has 0 aliphatic rings. The molecule has 0 aliphatic heterocycles. The summed E-state index contributed by atoms with van der Waals surface area (Å²) in [5.74, 6) is -1.08. The van der Waals surface area contributed by atoms with E-state index in [1.165, 1.54) is 6.07 Å². The van der Waals surface area contributed by atoms with Gasteiger partial charge in [-0.2, -0.15) is 0 Å². The summed E-state index contributed by atoms with van der Waals surface area (Å²) in [6.45, 7) is 0. The molecule has 0 amide bonds. The van der Waals surface area contributed by atoms with Crippen LogP contribution in [0.15, 0.2) is 16.6 Å². The summed E-state index contributed by atoms with van der Waals surface area (Å²) < 4.78 is 13.3. The number of nitro groups is 1. The highest BCUT2D eigenvalue weighted by atomic mass is 79.9. The quantitative estimate of drug-likeness (QED) is 0.599. The molecule has 0 saturated carbocycles. The van der Waals surface area contributed by atoms with E-state index in [2.05, 4.69) is 26.1 Å². The Morgan fingerprint density at radius 2 is 2.12 bits per heavy atom. The van der Waals surface area contributed by atoms with Crippen molar-refractivity contribution in [3.63, 3.8) is 0 Å². The molecule has 5 nitrogen and oxygen atoms in total. The van der Waals surface area contributed by atoms with Gasteiger partial charge in [0.15, 0.2) is 5.02 Å². The second kappa shape index (κ2) is 3.91. The zero-order valence-corrected chi connectivity index (χ0v) is 9.79. The molecular weight excluding hydrogens is 304 g/mol. The first-order valence-electron chi connectivity index (χ1n) is 3.96. The average Bonchev–Trinajstić information content (AvgIpc) is 2.21. The number of halogens is 3. The highest BCUT2D eigenvalue weighted by molar-refractivity contribution is 9.10. The molecule has 0 aliphatic carbocycles. The van der Waals surface area contributed by atoms with Crippen LogP contribution in [0.25, 0.3) is 10.9 Å². The molecule has 0 saturated heterocycles. The zero-order valence-electron chi connectivity index (χ0n) is 7.45. The normalized spacial score (nSPS) is 10.7. The van der Waals surface area contributed by atoms with Gasteiger partial charge in [-0.15, -0.1) is 0 Å². The van der Waals surface area contributed by atoms with Crippen molar-refractivity contribution < 1.29 is 9.31 Å². The summed E-state index contributed by atoms with van der Waals surface area (Å²) in [5, 5.41) is 17.5. The van der Waals surface area contributed by atoms with Crippen molar-refractivity contribution >= 4 is 44.3 Å². The minimum absolute atomic E-state index is 0.157. The molecule has 0 atom stereocenters. The fourth-order valence-electron chi connectivity index (χ4n) is 1.18. The molecule has 0 unspecified atom stereocenters. The van der Waals surface area contributed by atoms with Crippen LogP contribution in [0.2, 0.25) is 5.02 Å². The molecule has 1 aromatic carbocycles. The number of hydrogen-bond acceptors (Lipinski definition) is 4. The van der Waals surface area contributed by atoms with Gasteiger partial charge in [-0.25, -0.2) is 4.39 Å². The highest BCUT2D eigenvalue weighted by Crippen LogP contribution is 2.31. The molecule has 1 heterocycles. The molecular formula is C8H2BrClFN3O2. The Morgan fingerprint density at radius 3 is 2.75 bits per heavy atom. The Morgan fingerprint density at radius 1 is 1.44 bits per heavy atom. The Bertz CT molecular complexity index is 607. The van der Waals surface area contributed by atoms with Crippen molar-refractivity contribution in [3.05, 3.63) is 37.6 Å². The third-order valence-corrected chi connectivity index (χ3v) is 2.88. The summed E-state index contributed by atoms with van der Waals surface area (Å²) in [6, 6.07) is 2.43. The number of aromatic nitrogens is 2. The maximum atomic E-state index is 13.1. The first kappa shape index (κ1) is 11.2. The van der Waals surface area contributed by atoms with Gasteiger partial charge < -0.3 is 10.1 Å². The summed E-state index contributed by atoms with van der Waals surface area (Å²) in [4.78, 5) is 9.81. The average molecular weight is 306 g/mol. The van der Waals surface area contributed by atoms with Crippen LogP contribution in [0.4, 0.5) is 10.2 Å². The van der Waals surface area contributed by atoms with Crippen LogP contribution in [0.5, 0.6) is 0 Å². The number of benzene rings is 1. The van der Waals surface area contributed by atoms with Gasteiger partial charge in [0, 0.05) is 11.5 Å². The van der Waals surface area contributed by atoms with E-state index < -0.39 is 16.6 Å². The summed E-state index contributed by atoms with van der Waals surface area (Å²) >= 11 is 8.73. The third-order valence-electron chi connectivity index (χ3n) is 1.90. The van der Waals surface area contributed by atoms with Crippen LogP contribution in [-0.4, -0.2) is 15.1 Å². The van der Waals surface area contributed by atoms with Crippen LogP contribution in [0.1, 0.15) is 0 Å². The summed E-state index contributed by atoms with van der Waals surface area (Å²) in [5.41, 5.74) is 0.163. The van der Waals surface area contributed by atoms with Crippen LogP contribution in [0, 0.1) is 15.9 Å². The molecule has 82 valence electrons. The third kappa shape index (κ3) is 1.72. The van der Waals surface area contributed by atoms with Crippen LogP contribution < -0.4 is 0 Å². The van der Waals surface area contributed by atoms with E-state index in [9.17, 15) is 14.5 Å². The molecule has 0 radical (unpaired) electrons. The van der Waals surface area contributed by atoms with Crippen LogP contribution >= 0.6 is 27.5 Å². The smallest absolute Gasteiger partial charge is 0.358 e. The predicted molar refractivity (Wildman–Crippen MR) is 58.9 cm³/mol. The molecule has 2 rings (SSSR count). The van der Waals surface area contributed by atoms with Gasteiger partial charge in [0.2, 0.25) is 0 Å². The van der Waals surface area contributed by atoms with E-state index in [4.69, 9.17) is 11.6 Å². The lowest BCUT2D eigenvalue weighted by Gasteiger charge is -2.00. The van der Waals surface area contributed by atoms with Gasteiger partial charge in [0.05, 0.1) is 9.57 Å². The minimum Gasteiger partial charge on any atom is -0.358 e. The van der Waals surface area contributed by atoms with E-state index in [0.29, 0.717) is 0 Å². The number of rotatable bonds is 1. The standard InChI is InChI=1S/C8H2BrClFN3O2/c9-4-1-3-6(2-5(4)11)12-13-8(7(3)10)14(15)16/h1-2H. The fourth-order valence-corrected chi connectivity index (χ4v) is 1.78. The van der Waals surface area contributed by atoms with Crippen molar-refractivity contribution in [2.45, 2.75) is 0 Å². The van der Waals surface area contributed by atoms with E-state index in [1.54, 1.807) is 0 Å². The molecule has 0 bridgehead atoms. The van der Waals surface area contributed by atoms with Gasteiger partial charge in [-0.1, -0.05) is 11.6 Å². The molecule has 0 fully saturated rings. The molecule has 8 heteroatoms. The predicted octanol–water partition coefficient (Wildman–Crippen LogP) is 3.09. The lowest BCUT2D eigenvalue weighted by atomic mass is 10.2. The number of hydrogen-bond donors (Lipinski definition) is 0. The molecule has 0 N–H and O–H groups in total. The summed E-state index contributed by atoms with van der Waals surface area (Å²) in [6.07, 6.45) is 0. The second-order valence-electron chi connectivity index (χ2n) is 2.88. The van der Waals surface area contributed by atoms with Gasteiger partial charge in [-0.3, -0.25) is 0 Å². The van der Waals surface area contributed by atoms with Crippen molar-refractivity contribution in [3.8, 4) is 0 Å². The van der Waals surface area contributed by atoms with Crippen LogP contribution in [0.3, 0.4) is 0 Å². The fraction of sp³-hybridized carbons (Fsp3) is 0. The maximum absolute atomic E-state index is 13.1. The Labute approximate surface area is 102 Å². The summed E-state index contributed by atoms with van der Waals surface area (Å²) in [7, 11) is 0. The van der Waals surface area contributed by atoms with Crippen molar-refractivity contribution in [2.24, 2.45) is 0 Å². The first-order chi connectivity index (χ1) is 7.50. The number of nitrogens with zero attached hydrogens (tertiary/aromatic N) is 3. The van der Waals surface area contributed by atoms with Gasteiger partial charge >= 0.3 is 5.82 Å². The van der Waals surface area contributed by atoms with E-state index in [-0.39, 0.29) is 20.4 Å². The highest BCUT2D eigenvalue weighted by Gasteiger charge is 2.20. The van der Waals surface area contributed by atoms with Gasteiger partial charge in [0.1, 0.15) is 11.3 Å². The molecule has 0 spiro atoms. The van der Waals surface area contributed by atoms with Crippen molar-refractivity contribution in [1.82, 2.24) is 10.2 Å². The Balaban J connectivity index is 2.84. The lowest BCUT2D eigenvalue weighted by molar-refractivity contribution is -0.389. The Kier molecular flexibility index (Phi) is 2.73. The van der Waals surface area contributed by atoms with Crippen LogP contribution in [-0.2, 0) is 0 Å². The molecule has 2 aromatic rings.